The first-order valence-corrected chi connectivity index (χ1v) is 6.08. The third kappa shape index (κ3) is 1.99. The molecule has 0 heterocycles. The first-order valence-electron chi connectivity index (χ1n) is 6.08. The van der Waals surface area contributed by atoms with Crippen molar-refractivity contribution in [1.29, 1.82) is 0 Å². The van der Waals surface area contributed by atoms with E-state index in [1.165, 1.54) is 6.92 Å². The lowest BCUT2D eigenvalue weighted by Gasteiger charge is -2.22. The molecule has 18 heavy (non-hydrogen) atoms. The molecule has 0 saturated carbocycles. The van der Waals surface area contributed by atoms with Gasteiger partial charge in [-0.3, -0.25) is 4.79 Å². The fourth-order valence-corrected chi connectivity index (χ4v) is 2.27. The molecular weight excluding hydrogens is 224 g/mol. The number of phenolic OH excluding ortho intramolecular Hbond substituents is 1. The smallest absolute Gasteiger partial charge is 0.163 e. The van der Waals surface area contributed by atoms with E-state index in [9.17, 15) is 9.90 Å². The van der Waals surface area contributed by atoms with E-state index >= 15 is 0 Å². The van der Waals surface area contributed by atoms with Crippen LogP contribution in [0.3, 0.4) is 0 Å². The van der Waals surface area contributed by atoms with Gasteiger partial charge in [0, 0.05) is 5.39 Å². The second-order valence-electron chi connectivity index (χ2n) is 5.67. The summed E-state index contributed by atoms with van der Waals surface area (Å²) in [6, 6.07) is 9.52. The number of rotatable bonds is 1. The highest BCUT2D eigenvalue weighted by molar-refractivity contribution is 6.04. The number of phenols is 1. The molecule has 2 aromatic carbocycles. The van der Waals surface area contributed by atoms with Crippen molar-refractivity contribution in [2.24, 2.45) is 0 Å². The number of fused-ring (bicyclic) bond motifs is 1. The number of Topliss-reactive ketones (excluding diaryl/α,β-unsaturated/α-hetero) is 1. The molecule has 0 aliphatic carbocycles. The minimum absolute atomic E-state index is 0.0770. The van der Waals surface area contributed by atoms with E-state index in [4.69, 9.17) is 0 Å². The Morgan fingerprint density at radius 1 is 1.11 bits per heavy atom. The molecule has 2 heteroatoms. The van der Waals surface area contributed by atoms with E-state index in [0.29, 0.717) is 5.56 Å². The molecule has 0 aliphatic heterocycles. The monoisotopic (exact) mass is 242 g/mol. The molecule has 0 spiro atoms. The number of carbonyl (C=O) groups is 1. The highest BCUT2D eigenvalue weighted by Crippen LogP contribution is 2.37. The molecule has 94 valence electrons. The molecule has 0 fully saturated rings. The van der Waals surface area contributed by atoms with Crippen molar-refractivity contribution in [1.82, 2.24) is 0 Å². The Hall–Kier alpha value is -1.83. The van der Waals surface area contributed by atoms with Gasteiger partial charge in [0.05, 0.1) is 5.56 Å². The van der Waals surface area contributed by atoms with Gasteiger partial charge < -0.3 is 5.11 Å². The molecule has 2 aromatic rings. The van der Waals surface area contributed by atoms with Gasteiger partial charge in [-0.15, -0.1) is 0 Å². The Balaban J connectivity index is 2.90. The topological polar surface area (TPSA) is 37.3 Å². The number of ketones is 1. The van der Waals surface area contributed by atoms with Crippen molar-refractivity contribution < 1.29 is 9.90 Å². The van der Waals surface area contributed by atoms with Crippen LogP contribution in [-0.4, -0.2) is 10.9 Å². The molecule has 0 unspecified atom stereocenters. The first-order chi connectivity index (χ1) is 8.32. The van der Waals surface area contributed by atoms with E-state index in [0.717, 1.165) is 16.3 Å². The number of aromatic hydroxyl groups is 1. The van der Waals surface area contributed by atoms with E-state index < -0.39 is 0 Å². The minimum Gasteiger partial charge on any atom is -0.507 e. The van der Waals surface area contributed by atoms with Gasteiger partial charge in [-0.05, 0) is 29.4 Å². The van der Waals surface area contributed by atoms with Crippen molar-refractivity contribution in [2.75, 3.05) is 0 Å². The first kappa shape index (κ1) is 12.6. The maximum Gasteiger partial charge on any atom is 0.163 e. The number of hydrogen-bond donors (Lipinski definition) is 1. The summed E-state index contributed by atoms with van der Waals surface area (Å²) in [6.07, 6.45) is 0. The molecule has 0 saturated heterocycles. The van der Waals surface area contributed by atoms with Crippen molar-refractivity contribution in [3.63, 3.8) is 0 Å². The van der Waals surface area contributed by atoms with Crippen LogP contribution in [0.5, 0.6) is 5.75 Å². The SMILES string of the molecule is CC(=O)c1ccc2cccc(C(C)(C)C)c2c1O. The molecule has 0 radical (unpaired) electrons. The highest BCUT2D eigenvalue weighted by atomic mass is 16.3. The van der Waals surface area contributed by atoms with Crippen molar-refractivity contribution in [3.8, 4) is 5.75 Å². The Morgan fingerprint density at radius 3 is 2.33 bits per heavy atom. The van der Waals surface area contributed by atoms with Crippen molar-refractivity contribution >= 4 is 16.6 Å². The van der Waals surface area contributed by atoms with Gasteiger partial charge in [0.25, 0.3) is 0 Å². The Bertz CT molecular complexity index is 619. The molecule has 1 N–H and O–H groups in total. The van der Waals surface area contributed by atoms with Crippen LogP contribution < -0.4 is 0 Å². The Kier molecular flexibility index (Phi) is 2.89. The summed E-state index contributed by atoms with van der Waals surface area (Å²) in [5, 5.41) is 12.1. The van der Waals surface area contributed by atoms with Crippen LogP contribution in [-0.2, 0) is 5.41 Å². The predicted octanol–water partition coefficient (Wildman–Crippen LogP) is 4.05. The normalized spacial score (nSPS) is 11.8. The molecule has 0 aliphatic rings. The summed E-state index contributed by atoms with van der Waals surface area (Å²) >= 11 is 0. The molecule has 0 aromatic heterocycles. The highest BCUT2D eigenvalue weighted by Gasteiger charge is 2.20. The van der Waals surface area contributed by atoms with Crippen LogP contribution in [0.15, 0.2) is 30.3 Å². The Labute approximate surface area is 107 Å². The predicted molar refractivity (Wildman–Crippen MR) is 74.3 cm³/mol. The number of benzene rings is 2. The summed E-state index contributed by atoms with van der Waals surface area (Å²) in [5.41, 5.74) is 1.37. The summed E-state index contributed by atoms with van der Waals surface area (Å²) in [7, 11) is 0. The van der Waals surface area contributed by atoms with Gasteiger partial charge in [0.15, 0.2) is 5.78 Å². The van der Waals surface area contributed by atoms with Gasteiger partial charge in [0.1, 0.15) is 5.75 Å². The molecule has 2 rings (SSSR count). The molecule has 0 atom stereocenters. The zero-order valence-electron chi connectivity index (χ0n) is 11.2. The van der Waals surface area contributed by atoms with Gasteiger partial charge in [-0.25, -0.2) is 0 Å². The zero-order chi connectivity index (χ0) is 13.5. The lowest BCUT2D eigenvalue weighted by Crippen LogP contribution is -2.12. The third-order valence-electron chi connectivity index (χ3n) is 3.21. The molecule has 2 nitrogen and oxygen atoms in total. The largest absolute Gasteiger partial charge is 0.507 e. The fraction of sp³-hybridized carbons (Fsp3) is 0.312. The minimum atomic E-state index is -0.113. The maximum absolute atomic E-state index is 11.5. The van der Waals surface area contributed by atoms with Gasteiger partial charge >= 0.3 is 0 Å². The Morgan fingerprint density at radius 2 is 1.78 bits per heavy atom. The van der Waals surface area contributed by atoms with E-state index in [1.807, 2.05) is 24.3 Å². The van der Waals surface area contributed by atoms with E-state index in [1.54, 1.807) is 6.07 Å². The fourth-order valence-electron chi connectivity index (χ4n) is 2.27. The molecule has 0 amide bonds. The molecule has 0 bridgehead atoms. The van der Waals surface area contributed by atoms with Crippen LogP contribution in [0.1, 0.15) is 43.6 Å². The standard InChI is InChI=1S/C16H18O2/c1-10(17)12-9-8-11-6-5-7-13(16(2,3)4)14(11)15(12)18/h5-9,18H,1-4H3. The van der Waals surface area contributed by atoms with Crippen LogP contribution >= 0.6 is 0 Å². The van der Waals surface area contributed by atoms with Crippen molar-refractivity contribution in [2.45, 2.75) is 33.1 Å². The second kappa shape index (κ2) is 4.13. The average Bonchev–Trinajstić information content (AvgIpc) is 2.27. The van der Waals surface area contributed by atoms with Gasteiger partial charge in [0.2, 0.25) is 0 Å². The quantitative estimate of drug-likeness (QED) is 0.766. The lowest BCUT2D eigenvalue weighted by atomic mass is 9.83. The van der Waals surface area contributed by atoms with Crippen LogP contribution in [0.4, 0.5) is 0 Å². The summed E-state index contributed by atoms with van der Waals surface area (Å²) in [4.78, 5) is 11.5. The summed E-state index contributed by atoms with van der Waals surface area (Å²) in [6.45, 7) is 7.77. The lowest BCUT2D eigenvalue weighted by molar-refractivity contribution is 0.101. The molecular formula is C16H18O2. The maximum atomic E-state index is 11.5. The second-order valence-corrected chi connectivity index (χ2v) is 5.67. The number of hydrogen-bond acceptors (Lipinski definition) is 2. The third-order valence-corrected chi connectivity index (χ3v) is 3.21. The van der Waals surface area contributed by atoms with E-state index in [2.05, 4.69) is 20.8 Å². The zero-order valence-corrected chi connectivity index (χ0v) is 11.2. The number of carbonyl (C=O) groups excluding carboxylic acids is 1. The summed E-state index contributed by atoms with van der Waals surface area (Å²) < 4.78 is 0. The van der Waals surface area contributed by atoms with Crippen molar-refractivity contribution in [3.05, 3.63) is 41.5 Å². The van der Waals surface area contributed by atoms with E-state index in [-0.39, 0.29) is 16.9 Å². The van der Waals surface area contributed by atoms with Gasteiger partial charge in [-0.1, -0.05) is 45.0 Å². The van der Waals surface area contributed by atoms with Crippen LogP contribution in [0, 0.1) is 0 Å². The summed E-state index contributed by atoms with van der Waals surface area (Å²) in [5.74, 6) is -0.0105. The van der Waals surface area contributed by atoms with Crippen LogP contribution in [0.25, 0.3) is 10.8 Å². The van der Waals surface area contributed by atoms with Crippen LogP contribution in [0.2, 0.25) is 0 Å². The average molecular weight is 242 g/mol. The van der Waals surface area contributed by atoms with Gasteiger partial charge in [-0.2, -0.15) is 0 Å².